The quantitative estimate of drug-likeness (QED) is 0.484. The molecule has 74 valence electrons. The van der Waals surface area contributed by atoms with Crippen molar-refractivity contribution in [3.05, 3.63) is 0 Å². The minimum atomic E-state index is -0.195. The van der Waals surface area contributed by atoms with Crippen LogP contribution in [0.2, 0.25) is 0 Å². The molecule has 0 spiro atoms. The van der Waals surface area contributed by atoms with Crippen molar-refractivity contribution >= 4 is 11.8 Å². The number of carbonyl (C=O) groups is 2. The number of carbonyl (C=O) groups excluding carboxylic acids is 2. The molecule has 13 heavy (non-hydrogen) atoms. The topological polar surface area (TPSA) is 43.4 Å². The zero-order chi connectivity index (χ0) is 9.68. The van der Waals surface area contributed by atoms with E-state index in [0.717, 1.165) is 19.3 Å². The molecule has 3 nitrogen and oxygen atoms in total. The molecular formula is C10H16O3. The van der Waals surface area contributed by atoms with Crippen LogP contribution in [0.4, 0.5) is 0 Å². The molecule has 0 bridgehead atoms. The van der Waals surface area contributed by atoms with E-state index in [0.29, 0.717) is 25.0 Å². The molecule has 0 amide bonds. The molecule has 0 aromatic rings. The van der Waals surface area contributed by atoms with E-state index < -0.39 is 0 Å². The van der Waals surface area contributed by atoms with Crippen molar-refractivity contribution in [1.82, 2.24) is 0 Å². The molecule has 0 aliphatic heterocycles. The largest absolute Gasteiger partial charge is 0.469 e. The minimum absolute atomic E-state index is 0.195. The number of rotatable bonds is 2. The Labute approximate surface area is 78.5 Å². The third-order valence-corrected chi connectivity index (χ3v) is 2.52. The molecule has 0 aromatic carbocycles. The predicted octanol–water partition coefficient (Wildman–Crippen LogP) is 1.70. The van der Waals surface area contributed by atoms with Crippen LogP contribution in [0.25, 0.3) is 0 Å². The summed E-state index contributed by atoms with van der Waals surface area (Å²) in [5, 5.41) is 0. The van der Waals surface area contributed by atoms with E-state index in [9.17, 15) is 9.59 Å². The fourth-order valence-corrected chi connectivity index (χ4v) is 1.77. The van der Waals surface area contributed by atoms with Crippen LogP contribution in [0.1, 0.15) is 38.5 Å². The van der Waals surface area contributed by atoms with Gasteiger partial charge in [0.1, 0.15) is 5.78 Å². The maximum absolute atomic E-state index is 11.2. The fourth-order valence-electron chi connectivity index (χ4n) is 1.77. The molecule has 0 aromatic heterocycles. The Morgan fingerprint density at radius 2 is 2.31 bits per heavy atom. The van der Waals surface area contributed by atoms with Crippen LogP contribution in [-0.4, -0.2) is 18.9 Å². The Morgan fingerprint density at radius 1 is 1.54 bits per heavy atom. The molecule has 1 aliphatic carbocycles. The molecule has 0 radical (unpaired) electrons. The van der Waals surface area contributed by atoms with Crippen LogP contribution in [-0.2, 0) is 14.3 Å². The van der Waals surface area contributed by atoms with Gasteiger partial charge in [0.25, 0.3) is 0 Å². The van der Waals surface area contributed by atoms with Crippen molar-refractivity contribution in [2.45, 2.75) is 38.5 Å². The average Bonchev–Trinajstić information content (AvgIpc) is 2.30. The third kappa shape index (κ3) is 3.57. The van der Waals surface area contributed by atoms with E-state index in [1.165, 1.54) is 7.11 Å². The van der Waals surface area contributed by atoms with Crippen LogP contribution >= 0.6 is 0 Å². The number of esters is 1. The molecular weight excluding hydrogens is 168 g/mol. The van der Waals surface area contributed by atoms with Crippen LogP contribution in [0.3, 0.4) is 0 Å². The highest BCUT2D eigenvalue weighted by Crippen LogP contribution is 2.23. The van der Waals surface area contributed by atoms with E-state index in [-0.39, 0.29) is 11.9 Å². The van der Waals surface area contributed by atoms with Gasteiger partial charge in [-0.2, -0.15) is 0 Å². The van der Waals surface area contributed by atoms with Crippen molar-refractivity contribution < 1.29 is 14.3 Å². The van der Waals surface area contributed by atoms with Gasteiger partial charge in [-0.05, 0) is 18.8 Å². The highest BCUT2D eigenvalue weighted by molar-refractivity contribution is 5.79. The van der Waals surface area contributed by atoms with Gasteiger partial charge >= 0.3 is 5.97 Å². The Morgan fingerprint density at radius 3 is 3.00 bits per heavy atom. The fraction of sp³-hybridized carbons (Fsp3) is 0.800. The van der Waals surface area contributed by atoms with Gasteiger partial charge in [-0.15, -0.1) is 0 Å². The van der Waals surface area contributed by atoms with Gasteiger partial charge in [0, 0.05) is 19.3 Å². The first-order valence-corrected chi connectivity index (χ1v) is 4.81. The van der Waals surface area contributed by atoms with Crippen molar-refractivity contribution in [2.24, 2.45) is 5.92 Å². The Kier molecular flexibility index (Phi) is 3.93. The number of ketones is 1. The first-order valence-electron chi connectivity index (χ1n) is 4.81. The van der Waals surface area contributed by atoms with Gasteiger partial charge < -0.3 is 4.74 Å². The molecule has 1 atom stereocenters. The first-order chi connectivity index (χ1) is 6.22. The summed E-state index contributed by atoms with van der Waals surface area (Å²) in [6.07, 6.45) is 4.69. The van der Waals surface area contributed by atoms with Gasteiger partial charge in [-0.25, -0.2) is 0 Å². The lowest BCUT2D eigenvalue weighted by molar-refractivity contribution is -0.141. The molecule has 0 heterocycles. The zero-order valence-corrected chi connectivity index (χ0v) is 8.04. The SMILES string of the molecule is COC(=O)C[C@H]1CCCCC(=O)C1. The monoisotopic (exact) mass is 184 g/mol. The van der Waals surface area contributed by atoms with E-state index in [4.69, 9.17) is 0 Å². The Balaban J connectivity index is 2.39. The molecule has 1 rings (SSSR count). The summed E-state index contributed by atoms with van der Waals surface area (Å²) in [7, 11) is 1.39. The smallest absolute Gasteiger partial charge is 0.305 e. The lowest BCUT2D eigenvalue weighted by Gasteiger charge is -2.10. The van der Waals surface area contributed by atoms with Crippen molar-refractivity contribution in [1.29, 1.82) is 0 Å². The number of hydrogen-bond acceptors (Lipinski definition) is 3. The van der Waals surface area contributed by atoms with Gasteiger partial charge in [0.2, 0.25) is 0 Å². The summed E-state index contributed by atoms with van der Waals surface area (Å²) in [6, 6.07) is 0. The van der Waals surface area contributed by atoms with E-state index in [2.05, 4.69) is 4.74 Å². The molecule has 0 unspecified atom stereocenters. The maximum Gasteiger partial charge on any atom is 0.305 e. The Bertz CT molecular complexity index is 198. The van der Waals surface area contributed by atoms with E-state index in [1.807, 2.05) is 0 Å². The van der Waals surface area contributed by atoms with Gasteiger partial charge in [-0.3, -0.25) is 9.59 Å². The summed E-state index contributed by atoms with van der Waals surface area (Å²) < 4.78 is 4.58. The minimum Gasteiger partial charge on any atom is -0.469 e. The van der Waals surface area contributed by atoms with Gasteiger partial charge in [0.05, 0.1) is 7.11 Å². The average molecular weight is 184 g/mol. The van der Waals surface area contributed by atoms with Crippen LogP contribution in [0.5, 0.6) is 0 Å². The molecule has 3 heteroatoms. The van der Waals surface area contributed by atoms with Crippen molar-refractivity contribution in [3.8, 4) is 0 Å². The second-order valence-corrected chi connectivity index (χ2v) is 3.63. The summed E-state index contributed by atoms with van der Waals surface area (Å²) in [5.74, 6) is 0.327. The van der Waals surface area contributed by atoms with Gasteiger partial charge in [-0.1, -0.05) is 6.42 Å². The summed E-state index contributed by atoms with van der Waals surface area (Å²) in [6.45, 7) is 0. The molecule has 1 saturated carbocycles. The molecule has 1 aliphatic rings. The standard InChI is InChI=1S/C10H16O3/c1-13-10(12)7-8-4-2-3-5-9(11)6-8/h8H,2-7H2,1H3/t8-/m0/s1. The van der Waals surface area contributed by atoms with Crippen LogP contribution < -0.4 is 0 Å². The predicted molar refractivity (Wildman–Crippen MR) is 48.2 cm³/mol. The van der Waals surface area contributed by atoms with Gasteiger partial charge in [0.15, 0.2) is 0 Å². The van der Waals surface area contributed by atoms with Crippen molar-refractivity contribution in [3.63, 3.8) is 0 Å². The first kappa shape index (κ1) is 10.2. The maximum atomic E-state index is 11.2. The number of methoxy groups -OCH3 is 1. The molecule has 0 N–H and O–H groups in total. The second-order valence-electron chi connectivity index (χ2n) is 3.63. The highest BCUT2D eigenvalue weighted by atomic mass is 16.5. The third-order valence-electron chi connectivity index (χ3n) is 2.52. The summed E-state index contributed by atoms with van der Waals surface area (Å²) in [5.41, 5.74) is 0. The lowest BCUT2D eigenvalue weighted by atomic mass is 9.96. The summed E-state index contributed by atoms with van der Waals surface area (Å²) in [4.78, 5) is 22.2. The van der Waals surface area contributed by atoms with Crippen molar-refractivity contribution in [2.75, 3.05) is 7.11 Å². The second kappa shape index (κ2) is 5.00. The van der Waals surface area contributed by atoms with E-state index >= 15 is 0 Å². The highest BCUT2D eigenvalue weighted by Gasteiger charge is 2.20. The normalized spacial score (nSPS) is 23.8. The molecule has 1 fully saturated rings. The lowest BCUT2D eigenvalue weighted by Crippen LogP contribution is -2.12. The number of ether oxygens (including phenoxy) is 1. The van der Waals surface area contributed by atoms with Crippen LogP contribution in [0.15, 0.2) is 0 Å². The van der Waals surface area contributed by atoms with Crippen LogP contribution in [0, 0.1) is 5.92 Å². The number of Topliss-reactive ketones (excluding diaryl/α,β-unsaturated/α-hetero) is 1. The summed E-state index contributed by atoms with van der Waals surface area (Å²) >= 11 is 0. The zero-order valence-electron chi connectivity index (χ0n) is 8.04. The Hall–Kier alpha value is -0.860. The van der Waals surface area contributed by atoms with E-state index in [1.54, 1.807) is 0 Å². The molecule has 0 saturated heterocycles. The number of hydrogen-bond donors (Lipinski definition) is 0.